The Morgan fingerprint density at radius 2 is 1.74 bits per heavy atom. The summed E-state index contributed by atoms with van der Waals surface area (Å²) in [5.41, 5.74) is 0. The van der Waals surface area contributed by atoms with Crippen molar-refractivity contribution < 1.29 is 19.7 Å². The lowest BCUT2D eigenvalue weighted by Gasteiger charge is -2.21. The van der Waals surface area contributed by atoms with Crippen molar-refractivity contribution in [3.63, 3.8) is 0 Å². The van der Waals surface area contributed by atoms with Gasteiger partial charge in [0.05, 0.1) is 26.4 Å². The Bertz CT molecular complexity index is 212. The summed E-state index contributed by atoms with van der Waals surface area (Å²) in [6, 6.07) is 0. The molecule has 19 heavy (non-hydrogen) atoms. The standard InChI is InChI=1S/C14H29NO4/c1-2-3-4-5-6-7-14(18)15(8-10-16)9-12-19-13-11-17/h16-17H,2-13H2,1H3. The third kappa shape index (κ3) is 10.9. The van der Waals surface area contributed by atoms with Gasteiger partial charge in [0.1, 0.15) is 0 Å². The number of aliphatic hydroxyl groups is 2. The minimum Gasteiger partial charge on any atom is -0.395 e. The fourth-order valence-electron chi connectivity index (χ4n) is 1.86. The number of rotatable bonds is 13. The molecule has 114 valence electrons. The molecule has 0 radical (unpaired) electrons. The first kappa shape index (κ1) is 18.4. The van der Waals surface area contributed by atoms with Crippen molar-refractivity contribution in [2.45, 2.75) is 45.4 Å². The summed E-state index contributed by atoms with van der Waals surface area (Å²) in [6.45, 7) is 3.67. The highest BCUT2D eigenvalue weighted by atomic mass is 16.5. The Hall–Kier alpha value is -0.650. The first-order chi connectivity index (χ1) is 9.26. The third-order valence-corrected chi connectivity index (χ3v) is 2.96. The summed E-state index contributed by atoms with van der Waals surface area (Å²) in [5.74, 6) is 0.0816. The van der Waals surface area contributed by atoms with Crippen LogP contribution < -0.4 is 0 Å². The molecule has 0 spiro atoms. The summed E-state index contributed by atoms with van der Waals surface area (Å²) < 4.78 is 5.14. The van der Waals surface area contributed by atoms with Crippen LogP contribution in [0.15, 0.2) is 0 Å². The fourth-order valence-corrected chi connectivity index (χ4v) is 1.86. The van der Waals surface area contributed by atoms with Crippen molar-refractivity contribution in [1.29, 1.82) is 0 Å². The van der Waals surface area contributed by atoms with Crippen molar-refractivity contribution in [2.24, 2.45) is 0 Å². The van der Waals surface area contributed by atoms with E-state index in [1.807, 2.05) is 0 Å². The van der Waals surface area contributed by atoms with Gasteiger partial charge in [0.2, 0.25) is 5.91 Å². The molecule has 0 atom stereocenters. The molecule has 5 heteroatoms. The van der Waals surface area contributed by atoms with E-state index in [2.05, 4.69) is 6.92 Å². The van der Waals surface area contributed by atoms with Gasteiger partial charge in [0.25, 0.3) is 0 Å². The number of hydrogen-bond donors (Lipinski definition) is 2. The second-order valence-corrected chi connectivity index (χ2v) is 4.60. The Morgan fingerprint density at radius 3 is 2.37 bits per heavy atom. The maximum absolute atomic E-state index is 11.9. The van der Waals surface area contributed by atoms with E-state index in [9.17, 15) is 4.79 Å². The number of aliphatic hydroxyl groups excluding tert-OH is 2. The van der Waals surface area contributed by atoms with E-state index in [0.717, 1.165) is 12.8 Å². The molecule has 0 bridgehead atoms. The van der Waals surface area contributed by atoms with Gasteiger partial charge in [0.15, 0.2) is 0 Å². The van der Waals surface area contributed by atoms with Gasteiger partial charge < -0.3 is 19.8 Å². The van der Waals surface area contributed by atoms with Crippen LogP contribution in [-0.2, 0) is 9.53 Å². The molecule has 0 aliphatic carbocycles. The number of ether oxygens (including phenoxy) is 1. The molecule has 1 amide bonds. The second-order valence-electron chi connectivity index (χ2n) is 4.60. The number of amides is 1. The summed E-state index contributed by atoms with van der Waals surface area (Å²) >= 11 is 0. The van der Waals surface area contributed by atoms with Crippen LogP contribution in [-0.4, -0.2) is 60.5 Å². The number of carbonyl (C=O) groups excluding carboxylic acids is 1. The average Bonchev–Trinajstić information content (AvgIpc) is 2.42. The number of carbonyl (C=O) groups is 1. The van der Waals surface area contributed by atoms with Gasteiger partial charge in [-0.3, -0.25) is 4.79 Å². The van der Waals surface area contributed by atoms with Crippen LogP contribution >= 0.6 is 0 Å². The maximum Gasteiger partial charge on any atom is 0.222 e. The molecule has 0 aromatic rings. The van der Waals surface area contributed by atoms with Crippen LogP contribution in [0, 0.1) is 0 Å². The van der Waals surface area contributed by atoms with Crippen LogP contribution in [0.5, 0.6) is 0 Å². The number of unbranched alkanes of at least 4 members (excludes halogenated alkanes) is 4. The zero-order chi connectivity index (χ0) is 14.3. The summed E-state index contributed by atoms with van der Waals surface area (Å²) in [6.07, 6.45) is 6.16. The van der Waals surface area contributed by atoms with Gasteiger partial charge in [-0.25, -0.2) is 0 Å². The van der Waals surface area contributed by atoms with Gasteiger partial charge in [-0.15, -0.1) is 0 Å². The van der Waals surface area contributed by atoms with E-state index in [0.29, 0.717) is 26.1 Å². The molecule has 2 N–H and O–H groups in total. The monoisotopic (exact) mass is 275 g/mol. The van der Waals surface area contributed by atoms with E-state index in [1.54, 1.807) is 4.90 Å². The second kappa shape index (κ2) is 13.8. The SMILES string of the molecule is CCCCCCCC(=O)N(CCO)CCOCCO. The Morgan fingerprint density at radius 1 is 1.00 bits per heavy atom. The van der Waals surface area contributed by atoms with E-state index < -0.39 is 0 Å². The van der Waals surface area contributed by atoms with Crippen molar-refractivity contribution in [3.05, 3.63) is 0 Å². The summed E-state index contributed by atoms with van der Waals surface area (Å²) in [5, 5.41) is 17.5. The zero-order valence-corrected chi connectivity index (χ0v) is 12.1. The molecule has 0 saturated carbocycles. The fraction of sp³-hybridized carbons (Fsp3) is 0.929. The normalized spacial score (nSPS) is 10.7. The quantitative estimate of drug-likeness (QED) is 0.495. The van der Waals surface area contributed by atoms with Crippen LogP contribution in [0.25, 0.3) is 0 Å². The van der Waals surface area contributed by atoms with Gasteiger partial charge >= 0.3 is 0 Å². The average molecular weight is 275 g/mol. The molecule has 0 heterocycles. The molecule has 0 aliphatic rings. The van der Waals surface area contributed by atoms with Gasteiger partial charge in [-0.05, 0) is 6.42 Å². The molecule has 0 fully saturated rings. The highest BCUT2D eigenvalue weighted by Crippen LogP contribution is 2.07. The Labute approximate surface area is 116 Å². The lowest BCUT2D eigenvalue weighted by molar-refractivity contribution is -0.132. The van der Waals surface area contributed by atoms with Crippen molar-refractivity contribution in [2.75, 3.05) is 39.5 Å². The summed E-state index contributed by atoms with van der Waals surface area (Å²) in [4.78, 5) is 13.6. The van der Waals surface area contributed by atoms with E-state index in [4.69, 9.17) is 14.9 Å². The number of nitrogens with zero attached hydrogens (tertiary/aromatic N) is 1. The first-order valence-electron chi connectivity index (χ1n) is 7.33. The lowest BCUT2D eigenvalue weighted by Crippen LogP contribution is -2.36. The predicted octanol–water partition coefficient (Wildman–Crippen LogP) is 1.18. The van der Waals surface area contributed by atoms with Crippen molar-refractivity contribution in [1.82, 2.24) is 4.90 Å². The maximum atomic E-state index is 11.9. The Balaban J connectivity index is 3.76. The minimum absolute atomic E-state index is 0.00856. The van der Waals surface area contributed by atoms with Gasteiger partial charge in [-0.1, -0.05) is 32.6 Å². The predicted molar refractivity (Wildman–Crippen MR) is 74.9 cm³/mol. The zero-order valence-electron chi connectivity index (χ0n) is 12.1. The molecule has 0 aliphatic heterocycles. The molecular weight excluding hydrogens is 246 g/mol. The summed E-state index contributed by atoms with van der Waals surface area (Å²) in [7, 11) is 0. The Kier molecular flexibility index (Phi) is 13.3. The molecule has 5 nitrogen and oxygen atoms in total. The highest BCUT2D eigenvalue weighted by Gasteiger charge is 2.12. The van der Waals surface area contributed by atoms with E-state index in [1.165, 1.54) is 19.3 Å². The lowest BCUT2D eigenvalue weighted by atomic mass is 10.1. The van der Waals surface area contributed by atoms with Crippen molar-refractivity contribution >= 4 is 5.91 Å². The van der Waals surface area contributed by atoms with E-state index in [-0.39, 0.29) is 25.7 Å². The number of hydrogen-bond acceptors (Lipinski definition) is 4. The molecule has 0 unspecified atom stereocenters. The van der Waals surface area contributed by atoms with Gasteiger partial charge in [-0.2, -0.15) is 0 Å². The third-order valence-electron chi connectivity index (χ3n) is 2.96. The molecule has 0 saturated heterocycles. The first-order valence-corrected chi connectivity index (χ1v) is 7.33. The highest BCUT2D eigenvalue weighted by molar-refractivity contribution is 5.76. The van der Waals surface area contributed by atoms with Crippen LogP contribution in [0.4, 0.5) is 0 Å². The molecular formula is C14H29NO4. The van der Waals surface area contributed by atoms with E-state index >= 15 is 0 Å². The van der Waals surface area contributed by atoms with Crippen LogP contribution in [0.2, 0.25) is 0 Å². The molecule has 0 rings (SSSR count). The van der Waals surface area contributed by atoms with Crippen LogP contribution in [0.3, 0.4) is 0 Å². The van der Waals surface area contributed by atoms with Crippen LogP contribution in [0.1, 0.15) is 45.4 Å². The van der Waals surface area contributed by atoms with Gasteiger partial charge in [0, 0.05) is 19.5 Å². The minimum atomic E-state index is -0.0262. The molecule has 0 aromatic heterocycles. The van der Waals surface area contributed by atoms with Crippen molar-refractivity contribution in [3.8, 4) is 0 Å². The molecule has 0 aromatic carbocycles. The largest absolute Gasteiger partial charge is 0.395 e. The smallest absolute Gasteiger partial charge is 0.222 e. The topological polar surface area (TPSA) is 70.0 Å².